The van der Waals surface area contributed by atoms with Gasteiger partial charge in [0.15, 0.2) is 11.2 Å². The molecule has 0 spiro atoms. The molecule has 3 heterocycles. The Morgan fingerprint density at radius 2 is 2.03 bits per heavy atom. The highest BCUT2D eigenvalue weighted by atomic mass is 32.1. The lowest BCUT2D eigenvalue weighted by molar-refractivity contribution is 0.0858. The first-order chi connectivity index (χ1) is 15.5. The molecule has 0 radical (unpaired) electrons. The molecule has 8 heteroatoms. The molecule has 2 aliphatic rings. The number of carbonyl (C=O) groups is 2. The van der Waals surface area contributed by atoms with Gasteiger partial charge in [-0.1, -0.05) is 11.6 Å². The summed E-state index contributed by atoms with van der Waals surface area (Å²) in [5.41, 5.74) is 2.55. The molecule has 2 amide bonds. The third kappa shape index (κ3) is 3.96. The van der Waals surface area contributed by atoms with E-state index in [2.05, 4.69) is 10.6 Å². The third-order valence-corrected chi connectivity index (χ3v) is 7.20. The first kappa shape index (κ1) is 20.9. The first-order valence-electron chi connectivity index (χ1n) is 10.9. The maximum absolute atomic E-state index is 13.0. The minimum Gasteiger partial charge on any atom is -0.451 e. The zero-order valence-electron chi connectivity index (χ0n) is 17.8. The lowest BCUT2D eigenvalue weighted by Gasteiger charge is -2.12. The molecule has 1 saturated heterocycles. The normalized spacial score (nSPS) is 17.5. The molecule has 1 atom stereocenters. The summed E-state index contributed by atoms with van der Waals surface area (Å²) in [6.45, 7) is 3.07. The number of thiophene rings is 1. The van der Waals surface area contributed by atoms with Gasteiger partial charge in [0, 0.05) is 24.1 Å². The van der Waals surface area contributed by atoms with Crippen LogP contribution in [-0.2, 0) is 17.6 Å². The van der Waals surface area contributed by atoms with E-state index in [0.29, 0.717) is 28.1 Å². The number of ether oxygens (including phenoxy) is 1. The maximum atomic E-state index is 13.0. The fraction of sp³-hybridized carbons (Fsp3) is 0.375. The van der Waals surface area contributed by atoms with Crippen molar-refractivity contribution in [2.24, 2.45) is 0 Å². The third-order valence-electron chi connectivity index (χ3n) is 6.00. The Kier molecular flexibility index (Phi) is 5.57. The van der Waals surface area contributed by atoms with E-state index in [4.69, 9.17) is 9.15 Å². The van der Waals surface area contributed by atoms with Gasteiger partial charge in [-0.3, -0.25) is 14.4 Å². The molecule has 3 aromatic rings. The van der Waals surface area contributed by atoms with Gasteiger partial charge in [0.25, 0.3) is 11.8 Å². The number of rotatable bonds is 5. The second-order valence-corrected chi connectivity index (χ2v) is 9.44. The van der Waals surface area contributed by atoms with Crippen LogP contribution in [0.15, 0.2) is 33.5 Å². The van der Waals surface area contributed by atoms with Gasteiger partial charge in [0.05, 0.1) is 17.1 Å². The summed E-state index contributed by atoms with van der Waals surface area (Å²) in [6, 6.07) is 6.46. The fourth-order valence-corrected chi connectivity index (χ4v) is 5.66. The summed E-state index contributed by atoms with van der Waals surface area (Å²) in [7, 11) is 0. The second kappa shape index (κ2) is 8.52. The monoisotopic (exact) mass is 452 g/mol. The van der Waals surface area contributed by atoms with Gasteiger partial charge >= 0.3 is 0 Å². The molecule has 7 nitrogen and oxygen atoms in total. The summed E-state index contributed by atoms with van der Waals surface area (Å²) in [4.78, 5) is 39.6. The number of benzene rings is 1. The predicted octanol–water partition coefficient (Wildman–Crippen LogP) is 3.81. The molecule has 1 aliphatic heterocycles. The van der Waals surface area contributed by atoms with E-state index in [1.165, 1.54) is 17.4 Å². The summed E-state index contributed by atoms with van der Waals surface area (Å²) in [5.74, 6) is -0.825. The van der Waals surface area contributed by atoms with Gasteiger partial charge in [0.1, 0.15) is 10.6 Å². The van der Waals surface area contributed by atoms with Crippen LogP contribution in [0.25, 0.3) is 11.0 Å². The lowest BCUT2D eigenvalue weighted by Crippen LogP contribution is -2.32. The van der Waals surface area contributed by atoms with E-state index in [1.54, 1.807) is 12.1 Å². The SMILES string of the molecule is Cc1ccc2oc(C(=O)Nc3sc4c(c3C(=O)NCC3CCCO3)CCC4)cc(=O)c2c1. The van der Waals surface area contributed by atoms with Crippen molar-refractivity contribution < 1.29 is 18.7 Å². The van der Waals surface area contributed by atoms with Crippen LogP contribution in [0.3, 0.4) is 0 Å². The van der Waals surface area contributed by atoms with Crippen LogP contribution in [0.5, 0.6) is 0 Å². The van der Waals surface area contributed by atoms with Crippen LogP contribution in [-0.4, -0.2) is 31.1 Å². The zero-order chi connectivity index (χ0) is 22.2. The molecule has 32 heavy (non-hydrogen) atoms. The Balaban J connectivity index is 1.41. The van der Waals surface area contributed by atoms with Crippen molar-refractivity contribution in [1.29, 1.82) is 0 Å². The highest BCUT2D eigenvalue weighted by Crippen LogP contribution is 2.39. The number of hydrogen-bond donors (Lipinski definition) is 2. The summed E-state index contributed by atoms with van der Waals surface area (Å²) in [6.07, 6.45) is 4.69. The van der Waals surface area contributed by atoms with Crippen molar-refractivity contribution in [2.75, 3.05) is 18.5 Å². The number of carbonyl (C=O) groups excluding carboxylic acids is 2. The van der Waals surface area contributed by atoms with Gasteiger partial charge in [-0.25, -0.2) is 0 Å². The molecule has 0 saturated carbocycles. The number of amides is 2. The number of hydrogen-bond acceptors (Lipinski definition) is 6. The summed E-state index contributed by atoms with van der Waals surface area (Å²) >= 11 is 1.42. The van der Waals surface area contributed by atoms with Crippen molar-refractivity contribution in [3.63, 3.8) is 0 Å². The standard InChI is InChI=1S/C24H24N2O5S/c1-13-7-8-18-16(10-13)17(27)11-19(31-18)22(28)26-24-21(15-5-2-6-20(15)32-24)23(29)25-12-14-4-3-9-30-14/h7-8,10-11,14H,2-6,9,12H2,1H3,(H,25,29)(H,26,28). The highest BCUT2D eigenvalue weighted by molar-refractivity contribution is 7.17. The largest absolute Gasteiger partial charge is 0.451 e. The topological polar surface area (TPSA) is 97.6 Å². The van der Waals surface area contributed by atoms with Crippen LogP contribution < -0.4 is 16.1 Å². The Labute approximate surface area is 188 Å². The van der Waals surface area contributed by atoms with E-state index in [0.717, 1.165) is 54.7 Å². The average molecular weight is 453 g/mol. The predicted molar refractivity (Wildman–Crippen MR) is 123 cm³/mol. The van der Waals surface area contributed by atoms with Crippen LogP contribution in [0, 0.1) is 6.92 Å². The van der Waals surface area contributed by atoms with E-state index in [1.807, 2.05) is 13.0 Å². The molecule has 1 aliphatic carbocycles. The highest BCUT2D eigenvalue weighted by Gasteiger charge is 2.29. The molecule has 2 aromatic heterocycles. The van der Waals surface area contributed by atoms with E-state index in [9.17, 15) is 14.4 Å². The molecule has 1 aromatic carbocycles. The first-order valence-corrected chi connectivity index (χ1v) is 11.7. The second-order valence-electron chi connectivity index (χ2n) is 8.34. The minimum atomic E-state index is -0.544. The Bertz CT molecular complexity index is 1270. The van der Waals surface area contributed by atoms with Crippen molar-refractivity contribution >= 4 is 39.1 Å². The summed E-state index contributed by atoms with van der Waals surface area (Å²) in [5, 5.41) is 6.72. The molecule has 0 bridgehead atoms. The van der Waals surface area contributed by atoms with Gasteiger partial charge in [0.2, 0.25) is 0 Å². The number of fused-ring (bicyclic) bond motifs is 2. The Hall–Kier alpha value is -2.97. The van der Waals surface area contributed by atoms with Crippen molar-refractivity contribution in [3.8, 4) is 0 Å². The average Bonchev–Trinajstić information content (AvgIpc) is 3.50. The number of aryl methyl sites for hydroxylation is 2. The van der Waals surface area contributed by atoms with Crippen LogP contribution >= 0.6 is 11.3 Å². The number of anilines is 1. The Morgan fingerprint density at radius 1 is 1.16 bits per heavy atom. The smallest absolute Gasteiger partial charge is 0.292 e. The Morgan fingerprint density at radius 3 is 2.84 bits per heavy atom. The van der Waals surface area contributed by atoms with Crippen molar-refractivity contribution in [2.45, 2.75) is 45.1 Å². The molecule has 1 fully saturated rings. The quantitative estimate of drug-likeness (QED) is 0.614. The van der Waals surface area contributed by atoms with Crippen molar-refractivity contribution in [1.82, 2.24) is 5.32 Å². The molecule has 5 rings (SSSR count). The van der Waals surface area contributed by atoms with Crippen LogP contribution in [0.2, 0.25) is 0 Å². The summed E-state index contributed by atoms with van der Waals surface area (Å²) < 4.78 is 11.3. The van der Waals surface area contributed by atoms with Crippen molar-refractivity contribution in [3.05, 3.63) is 61.8 Å². The molecular formula is C24H24N2O5S. The fourth-order valence-electron chi connectivity index (χ4n) is 4.38. The maximum Gasteiger partial charge on any atom is 0.292 e. The van der Waals surface area contributed by atoms with Gasteiger partial charge in [-0.2, -0.15) is 0 Å². The van der Waals surface area contributed by atoms with Gasteiger partial charge < -0.3 is 19.8 Å². The van der Waals surface area contributed by atoms with E-state index >= 15 is 0 Å². The molecule has 2 N–H and O–H groups in total. The molecule has 166 valence electrons. The molecule has 1 unspecified atom stereocenters. The number of nitrogens with one attached hydrogen (secondary N) is 2. The lowest BCUT2D eigenvalue weighted by atomic mass is 10.1. The van der Waals surface area contributed by atoms with Crippen LogP contribution in [0.4, 0.5) is 5.00 Å². The van der Waals surface area contributed by atoms with Gasteiger partial charge in [-0.05, 0) is 56.7 Å². The minimum absolute atomic E-state index is 0.0409. The molecular weight excluding hydrogens is 428 g/mol. The van der Waals surface area contributed by atoms with E-state index < -0.39 is 5.91 Å². The van der Waals surface area contributed by atoms with Gasteiger partial charge in [-0.15, -0.1) is 11.3 Å². The van der Waals surface area contributed by atoms with E-state index in [-0.39, 0.29) is 23.2 Å². The zero-order valence-corrected chi connectivity index (χ0v) is 18.6. The van der Waals surface area contributed by atoms with Crippen LogP contribution in [0.1, 0.15) is 56.2 Å².